The maximum atomic E-state index is 7.00. The molecule has 0 bridgehead atoms. The van der Waals surface area contributed by atoms with Gasteiger partial charge in [-0.3, -0.25) is 0 Å². The Morgan fingerprint density at radius 1 is 0.500 bits per heavy atom. The van der Waals surface area contributed by atoms with E-state index in [1.807, 2.05) is 0 Å². The van der Waals surface area contributed by atoms with Gasteiger partial charge in [-0.25, -0.2) is 0 Å². The molecule has 8 heavy (non-hydrogen) atoms. The molecular formula is H2Fe2O6. The fourth-order valence-corrected chi connectivity index (χ4v) is 0. The van der Waals surface area contributed by atoms with Gasteiger partial charge in [-0.1, -0.05) is 0 Å². The van der Waals surface area contributed by atoms with E-state index in [2.05, 4.69) is 0 Å². The molecule has 0 unspecified atom stereocenters. The molecule has 8 heteroatoms. The normalized spacial score (nSPS) is 2.25. The van der Waals surface area contributed by atoms with Crippen LogP contribution in [0, 0.1) is 0 Å². The van der Waals surface area contributed by atoms with Gasteiger partial charge in [0, 0.05) is 0 Å². The minimum absolute atomic E-state index is 0. The maximum absolute atomic E-state index is 7.00. The molecule has 0 N–H and O–H groups in total. The topological polar surface area (TPSA) is 138 Å². The van der Waals surface area contributed by atoms with Crippen molar-refractivity contribution in [2.45, 2.75) is 0 Å². The molecular weight excluding hydrogens is 208 g/mol. The summed E-state index contributed by atoms with van der Waals surface area (Å²) in [6.45, 7) is 0. The van der Waals surface area contributed by atoms with Crippen molar-refractivity contribution < 1.29 is 68.5 Å². The summed E-state index contributed by atoms with van der Waals surface area (Å²) in [6, 6.07) is 0. The molecule has 0 aromatic rings. The first kappa shape index (κ1) is 37.1. The van der Waals surface area contributed by atoms with Crippen LogP contribution in [0.1, 0.15) is 2.85 Å². The van der Waals surface area contributed by atoms with Crippen LogP contribution in [0.25, 0.3) is 0 Å². The second-order valence-electron chi connectivity index (χ2n) is 0. The molecule has 0 saturated carbocycles. The molecule has 0 aromatic carbocycles. The molecule has 0 amide bonds. The smallest absolute Gasteiger partial charge is 1.00 e. The van der Waals surface area contributed by atoms with Gasteiger partial charge in [0.1, 0.15) is 0 Å². The standard InChI is InChI=1S/2Fe.3O2/c;;3*1-2/q2*+2;3*-2/p+2. The molecule has 0 fully saturated rings. The quantitative estimate of drug-likeness (QED) is 0.221. The van der Waals surface area contributed by atoms with Crippen LogP contribution < -0.4 is 31.5 Å². The van der Waals surface area contributed by atoms with Crippen molar-refractivity contribution in [2.75, 3.05) is 0 Å². The molecule has 0 aliphatic carbocycles. The van der Waals surface area contributed by atoms with Crippen molar-refractivity contribution in [3.8, 4) is 0 Å². The summed E-state index contributed by atoms with van der Waals surface area (Å²) in [7, 11) is 0. The predicted molar refractivity (Wildman–Crippen MR) is 2.22 cm³/mol. The predicted octanol–water partition coefficient (Wildman–Crippen LogP) is -6.91. The van der Waals surface area contributed by atoms with Gasteiger partial charge in [-0.15, -0.1) is 0 Å². The average Bonchev–Trinajstić information content (AvgIpc) is 1.81. The van der Waals surface area contributed by atoms with Gasteiger partial charge in [0.15, 0.2) is 0 Å². The Bertz CT molecular complexity index is 13.7. The molecule has 0 saturated heterocycles. The Hall–Kier alpha value is 0.799. The van der Waals surface area contributed by atoms with Crippen molar-refractivity contribution in [1.29, 1.82) is 0 Å². The van der Waals surface area contributed by atoms with Crippen LogP contribution in [0.3, 0.4) is 0 Å². The van der Waals surface area contributed by atoms with Crippen LogP contribution in [0.15, 0.2) is 0 Å². The van der Waals surface area contributed by atoms with Gasteiger partial charge in [-0.2, -0.15) is 0 Å². The van der Waals surface area contributed by atoms with Crippen LogP contribution in [-0.2, 0) is 34.1 Å². The van der Waals surface area contributed by atoms with Gasteiger partial charge >= 0.3 is 37.0 Å². The largest absolute Gasteiger partial charge is 2.00 e. The third-order valence-electron chi connectivity index (χ3n) is 0. The molecule has 0 radical (unpaired) electrons. The zero-order valence-corrected chi connectivity index (χ0v) is 5.36. The molecule has 0 atom stereocenters. The summed E-state index contributed by atoms with van der Waals surface area (Å²) >= 11 is 0. The molecule has 0 rings (SSSR count). The Morgan fingerprint density at radius 2 is 0.500 bits per heavy atom. The third-order valence-corrected chi connectivity index (χ3v) is 0. The SMILES string of the molecule is [Fe+2].[Fe+2].[H+].[H+].[O-][O-].[O-][O-].[O-][O-]. The van der Waals surface area contributed by atoms with E-state index in [1.54, 1.807) is 0 Å². The van der Waals surface area contributed by atoms with Crippen LogP contribution >= 0.6 is 0 Å². The summed E-state index contributed by atoms with van der Waals surface area (Å²) < 4.78 is 0. The number of rotatable bonds is 0. The zero-order valence-electron chi connectivity index (χ0n) is 5.16. The van der Waals surface area contributed by atoms with Gasteiger partial charge in [0.05, 0.1) is 0 Å². The Balaban J connectivity index is -0.00000000225. The maximum Gasteiger partial charge on any atom is 2.00 e. The van der Waals surface area contributed by atoms with E-state index in [1.165, 1.54) is 0 Å². The molecule has 0 spiro atoms. The van der Waals surface area contributed by atoms with E-state index in [-0.39, 0.29) is 37.0 Å². The van der Waals surface area contributed by atoms with Gasteiger partial charge in [0.25, 0.3) is 0 Å². The average molecular weight is 210 g/mol. The van der Waals surface area contributed by atoms with Crippen molar-refractivity contribution in [1.82, 2.24) is 0 Å². The zero-order chi connectivity index (χ0) is 6.00. The summed E-state index contributed by atoms with van der Waals surface area (Å²) in [5.74, 6) is 0. The van der Waals surface area contributed by atoms with E-state index in [9.17, 15) is 0 Å². The van der Waals surface area contributed by atoms with E-state index in [0.29, 0.717) is 0 Å². The van der Waals surface area contributed by atoms with E-state index in [4.69, 9.17) is 31.5 Å². The van der Waals surface area contributed by atoms with Crippen LogP contribution in [0.4, 0.5) is 0 Å². The minimum Gasteiger partial charge on any atom is -1.00 e. The number of hydrogen-bond donors (Lipinski definition) is 0. The van der Waals surface area contributed by atoms with E-state index in [0.717, 1.165) is 0 Å². The Kier molecular flexibility index (Phi) is 2620. The van der Waals surface area contributed by atoms with Crippen molar-refractivity contribution in [3.63, 3.8) is 0 Å². The van der Waals surface area contributed by atoms with Gasteiger partial charge in [0.2, 0.25) is 0 Å². The molecule has 0 aromatic heterocycles. The first-order chi connectivity index (χ1) is 3.00. The fraction of sp³-hybridized carbons (Fsp3) is 0. The van der Waals surface area contributed by atoms with Crippen LogP contribution in [-0.4, -0.2) is 0 Å². The van der Waals surface area contributed by atoms with E-state index >= 15 is 0 Å². The second-order valence-corrected chi connectivity index (χ2v) is 0. The monoisotopic (exact) mass is 210 g/mol. The van der Waals surface area contributed by atoms with Crippen LogP contribution in [0.2, 0.25) is 0 Å². The molecule has 0 heterocycles. The Morgan fingerprint density at radius 3 is 0.500 bits per heavy atom. The Labute approximate surface area is 69.1 Å². The van der Waals surface area contributed by atoms with Crippen molar-refractivity contribution in [2.24, 2.45) is 0 Å². The third kappa shape index (κ3) is 358. The van der Waals surface area contributed by atoms with Crippen LogP contribution in [0.5, 0.6) is 0 Å². The van der Waals surface area contributed by atoms with Crippen molar-refractivity contribution >= 4 is 0 Å². The second kappa shape index (κ2) is 565. The fourth-order valence-electron chi connectivity index (χ4n) is 0. The van der Waals surface area contributed by atoms with Crippen molar-refractivity contribution in [3.05, 3.63) is 0 Å². The minimum atomic E-state index is 0. The van der Waals surface area contributed by atoms with Gasteiger partial charge in [-0.05, 0) is 0 Å². The summed E-state index contributed by atoms with van der Waals surface area (Å²) in [6.07, 6.45) is 0. The van der Waals surface area contributed by atoms with Gasteiger partial charge < -0.3 is 31.5 Å². The molecule has 54 valence electrons. The summed E-state index contributed by atoms with van der Waals surface area (Å²) in [5.41, 5.74) is 0. The first-order valence-electron chi connectivity index (χ1n) is 0.500. The number of hydrogen-bond acceptors (Lipinski definition) is 6. The molecule has 0 aliphatic heterocycles. The first-order valence-corrected chi connectivity index (χ1v) is 0.500. The molecule has 0 aliphatic rings. The molecule has 6 nitrogen and oxygen atoms in total. The van der Waals surface area contributed by atoms with E-state index < -0.39 is 0 Å². The summed E-state index contributed by atoms with van der Waals surface area (Å²) in [5, 5.41) is 42.0. The summed E-state index contributed by atoms with van der Waals surface area (Å²) in [4.78, 5) is 0.